The van der Waals surface area contributed by atoms with Gasteiger partial charge in [-0.2, -0.15) is 5.10 Å². The molecule has 1 aliphatic rings. The molecule has 1 aromatic rings. The average molecular weight is 307 g/mol. The Morgan fingerprint density at radius 2 is 2.05 bits per heavy atom. The fourth-order valence-corrected chi connectivity index (χ4v) is 2.16. The van der Waals surface area contributed by atoms with Gasteiger partial charge in [-0.3, -0.25) is 9.48 Å². The fourth-order valence-electron chi connectivity index (χ4n) is 2.16. The maximum atomic E-state index is 12.3. The minimum Gasteiger partial charge on any atom is -0.335 e. The summed E-state index contributed by atoms with van der Waals surface area (Å²) in [6, 6.07) is -0.145. The predicted molar refractivity (Wildman–Crippen MR) is 84.6 cm³/mol. The van der Waals surface area contributed by atoms with Gasteiger partial charge in [-0.05, 0) is 12.3 Å². The first-order valence-electron chi connectivity index (χ1n) is 7.53. The number of carbonyl (C=O) groups is 2. The third-order valence-corrected chi connectivity index (χ3v) is 4.15. The van der Waals surface area contributed by atoms with Crippen molar-refractivity contribution in [2.24, 2.45) is 12.5 Å². The molecular weight excluding hydrogens is 282 g/mol. The number of urea groups is 1. The Morgan fingerprint density at radius 1 is 1.36 bits per heavy atom. The Kier molecular flexibility index (Phi) is 4.44. The Morgan fingerprint density at radius 3 is 2.55 bits per heavy atom. The lowest BCUT2D eigenvalue weighted by Gasteiger charge is -2.36. The van der Waals surface area contributed by atoms with E-state index in [1.165, 1.54) is 0 Å². The van der Waals surface area contributed by atoms with E-state index in [0.29, 0.717) is 13.1 Å². The van der Waals surface area contributed by atoms with Crippen LogP contribution in [0, 0.1) is 5.41 Å². The zero-order valence-corrected chi connectivity index (χ0v) is 14.0. The van der Waals surface area contributed by atoms with Crippen molar-refractivity contribution < 1.29 is 9.59 Å². The van der Waals surface area contributed by atoms with Gasteiger partial charge in [-0.25, -0.2) is 4.79 Å². The van der Waals surface area contributed by atoms with Gasteiger partial charge in [0, 0.05) is 32.4 Å². The molecule has 0 unspecified atom stereocenters. The molecule has 122 valence electrons. The number of carbonyl (C=O) groups excluding carboxylic acids is 2. The topological polar surface area (TPSA) is 70.5 Å². The van der Waals surface area contributed by atoms with Crippen LogP contribution >= 0.6 is 0 Å². The second-order valence-corrected chi connectivity index (χ2v) is 6.88. The van der Waals surface area contributed by atoms with E-state index in [1.54, 1.807) is 26.9 Å². The Hall–Kier alpha value is -2.05. The molecule has 22 heavy (non-hydrogen) atoms. The van der Waals surface area contributed by atoms with Gasteiger partial charge in [0.15, 0.2) is 0 Å². The van der Waals surface area contributed by atoms with Crippen molar-refractivity contribution in [2.45, 2.75) is 33.7 Å². The molecular formula is C15H25N5O2. The first-order chi connectivity index (χ1) is 10.2. The fraction of sp³-hybridized carbons (Fsp3) is 0.667. The lowest BCUT2D eigenvalue weighted by molar-refractivity contribution is -0.120. The SMILES string of the molecule is C[C@@H](NC(=O)N1CCN(c2cnn(C)c2)C(=O)C1)C(C)(C)C. The first kappa shape index (κ1) is 16.3. The van der Waals surface area contributed by atoms with Gasteiger partial charge >= 0.3 is 6.03 Å². The molecule has 2 rings (SSSR count). The highest BCUT2D eigenvalue weighted by Crippen LogP contribution is 2.19. The van der Waals surface area contributed by atoms with Crippen LogP contribution in [0.15, 0.2) is 12.4 Å². The molecule has 3 amide bonds. The molecule has 7 heteroatoms. The van der Waals surface area contributed by atoms with Crippen molar-refractivity contribution in [1.29, 1.82) is 0 Å². The number of hydrogen-bond donors (Lipinski definition) is 1. The van der Waals surface area contributed by atoms with Gasteiger partial charge in [0.2, 0.25) is 5.91 Å². The van der Waals surface area contributed by atoms with Crippen LogP contribution in [0.5, 0.6) is 0 Å². The number of aryl methyl sites for hydroxylation is 1. The Balaban J connectivity index is 1.95. The summed E-state index contributed by atoms with van der Waals surface area (Å²) in [6.45, 7) is 9.30. The van der Waals surface area contributed by atoms with Crippen molar-refractivity contribution in [3.8, 4) is 0 Å². The highest BCUT2D eigenvalue weighted by atomic mass is 16.2. The van der Waals surface area contributed by atoms with E-state index < -0.39 is 0 Å². The van der Waals surface area contributed by atoms with Crippen LogP contribution in [0.3, 0.4) is 0 Å². The third-order valence-electron chi connectivity index (χ3n) is 4.15. The summed E-state index contributed by atoms with van der Waals surface area (Å²) in [5.74, 6) is -0.0854. The van der Waals surface area contributed by atoms with Crippen LogP contribution in [-0.2, 0) is 11.8 Å². The van der Waals surface area contributed by atoms with Crippen molar-refractivity contribution in [2.75, 3.05) is 24.5 Å². The van der Waals surface area contributed by atoms with Gasteiger partial charge in [0.25, 0.3) is 0 Å². The molecule has 1 aromatic heterocycles. The van der Waals surface area contributed by atoms with Crippen molar-refractivity contribution in [3.05, 3.63) is 12.4 Å². The number of rotatable bonds is 2. The van der Waals surface area contributed by atoms with Crippen LogP contribution in [-0.4, -0.2) is 52.3 Å². The Bertz CT molecular complexity index is 561. The zero-order chi connectivity index (χ0) is 16.5. The first-order valence-corrected chi connectivity index (χ1v) is 7.53. The molecule has 0 radical (unpaired) electrons. The van der Waals surface area contributed by atoms with Crippen molar-refractivity contribution >= 4 is 17.6 Å². The summed E-state index contributed by atoms with van der Waals surface area (Å²) in [7, 11) is 1.81. The van der Waals surface area contributed by atoms with Crippen molar-refractivity contribution in [1.82, 2.24) is 20.0 Å². The predicted octanol–water partition coefficient (Wildman–Crippen LogP) is 1.21. The average Bonchev–Trinajstić information content (AvgIpc) is 2.83. The number of piperazine rings is 1. The molecule has 0 saturated carbocycles. The summed E-state index contributed by atoms with van der Waals surface area (Å²) < 4.78 is 1.66. The number of nitrogens with one attached hydrogen (secondary N) is 1. The molecule has 0 spiro atoms. The number of amides is 3. The number of nitrogens with zero attached hydrogens (tertiary/aromatic N) is 4. The van der Waals surface area contributed by atoms with E-state index in [2.05, 4.69) is 31.2 Å². The zero-order valence-electron chi connectivity index (χ0n) is 14.0. The highest BCUT2D eigenvalue weighted by Gasteiger charge is 2.30. The standard InChI is InChI=1S/C15H25N5O2/c1-11(15(2,3)4)17-14(22)19-6-7-20(13(21)10-19)12-8-16-18(5)9-12/h8-9,11H,6-7,10H2,1-5H3,(H,17,22)/t11-/m1/s1. The molecule has 0 aliphatic carbocycles. The summed E-state index contributed by atoms with van der Waals surface area (Å²) in [6.07, 6.45) is 3.46. The summed E-state index contributed by atoms with van der Waals surface area (Å²) in [5, 5.41) is 7.05. The summed E-state index contributed by atoms with van der Waals surface area (Å²) in [4.78, 5) is 27.8. The molecule has 1 atom stereocenters. The Labute approximate surface area is 131 Å². The van der Waals surface area contributed by atoms with Gasteiger partial charge in [-0.15, -0.1) is 0 Å². The lowest BCUT2D eigenvalue weighted by atomic mass is 9.88. The summed E-state index contributed by atoms with van der Waals surface area (Å²) >= 11 is 0. The number of hydrogen-bond acceptors (Lipinski definition) is 3. The van der Waals surface area contributed by atoms with Crippen LogP contribution < -0.4 is 10.2 Å². The molecule has 7 nitrogen and oxygen atoms in total. The third kappa shape index (κ3) is 3.58. The van der Waals surface area contributed by atoms with E-state index >= 15 is 0 Å². The second-order valence-electron chi connectivity index (χ2n) is 6.88. The smallest absolute Gasteiger partial charge is 0.318 e. The van der Waals surface area contributed by atoms with Crippen LogP contribution in [0.25, 0.3) is 0 Å². The van der Waals surface area contributed by atoms with E-state index in [4.69, 9.17) is 0 Å². The van der Waals surface area contributed by atoms with Gasteiger partial charge in [0.1, 0.15) is 6.54 Å². The maximum absolute atomic E-state index is 12.3. The molecule has 0 aromatic carbocycles. The van der Waals surface area contributed by atoms with E-state index in [0.717, 1.165) is 5.69 Å². The van der Waals surface area contributed by atoms with E-state index in [1.807, 2.05) is 14.0 Å². The lowest BCUT2D eigenvalue weighted by Crippen LogP contribution is -2.57. The normalized spacial score (nSPS) is 17.6. The minimum absolute atomic E-state index is 0.0167. The quantitative estimate of drug-likeness (QED) is 0.893. The molecule has 1 aliphatic heterocycles. The summed E-state index contributed by atoms with van der Waals surface area (Å²) in [5.41, 5.74) is 0.757. The van der Waals surface area contributed by atoms with E-state index in [-0.39, 0.29) is 29.9 Å². The number of aromatic nitrogens is 2. The molecule has 2 heterocycles. The van der Waals surface area contributed by atoms with Crippen LogP contribution in [0.4, 0.5) is 10.5 Å². The molecule has 1 saturated heterocycles. The molecule has 0 bridgehead atoms. The molecule has 1 N–H and O–H groups in total. The highest BCUT2D eigenvalue weighted by molar-refractivity contribution is 5.97. The van der Waals surface area contributed by atoms with Gasteiger partial charge < -0.3 is 15.1 Å². The largest absolute Gasteiger partial charge is 0.335 e. The van der Waals surface area contributed by atoms with Gasteiger partial charge in [-0.1, -0.05) is 20.8 Å². The van der Waals surface area contributed by atoms with Crippen LogP contribution in [0.1, 0.15) is 27.7 Å². The monoisotopic (exact) mass is 307 g/mol. The van der Waals surface area contributed by atoms with Crippen LogP contribution in [0.2, 0.25) is 0 Å². The second kappa shape index (κ2) is 5.98. The maximum Gasteiger partial charge on any atom is 0.318 e. The molecule has 1 fully saturated rings. The number of anilines is 1. The van der Waals surface area contributed by atoms with E-state index in [9.17, 15) is 9.59 Å². The minimum atomic E-state index is -0.179. The van der Waals surface area contributed by atoms with Crippen molar-refractivity contribution in [3.63, 3.8) is 0 Å². The van der Waals surface area contributed by atoms with Gasteiger partial charge in [0.05, 0.1) is 11.9 Å².